The van der Waals surface area contributed by atoms with Gasteiger partial charge in [0.05, 0.1) is 25.7 Å². The molecule has 0 aromatic heterocycles. The molecule has 4 nitrogen and oxygen atoms in total. The summed E-state index contributed by atoms with van der Waals surface area (Å²) in [5, 5.41) is 0. The maximum absolute atomic E-state index is 12.1. The monoisotopic (exact) mass is 290 g/mol. The summed E-state index contributed by atoms with van der Waals surface area (Å²) in [5.41, 5.74) is 1.40. The van der Waals surface area contributed by atoms with Crippen LogP contribution in [0.25, 0.3) is 0 Å². The molecule has 1 fully saturated rings. The van der Waals surface area contributed by atoms with Crippen molar-refractivity contribution < 1.29 is 19.1 Å². The summed E-state index contributed by atoms with van der Waals surface area (Å²) >= 11 is 0. The van der Waals surface area contributed by atoms with Gasteiger partial charge in [0.1, 0.15) is 0 Å². The van der Waals surface area contributed by atoms with E-state index in [9.17, 15) is 9.59 Å². The highest BCUT2D eigenvalue weighted by molar-refractivity contribution is 5.89. The highest BCUT2D eigenvalue weighted by Gasteiger charge is 2.27. The normalized spacial score (nSPS) is 16.5. The Labute approximate surface area is 125 Å². The van der Waals surface area contributed by atoms with Gasteiger partial charge in [-0.1, -0.05) is 37.8 Å². The van der Waals surface area contributed by atoms with Crippen molar-refractivity contribution in [3.63, 3.8) is 0 Å². The third kappa shape index (κ3) is 3.84. The molecule has 0 saturated heterocycles. The molecular weight excluding hydrogens is 268 g/mol. The number of carbonyl (C=O) groups is 2. The lowest BCUT2D eigenvalue weighted by Gasteiger charge is -2.19. The summed E-state index contributed by atoms with van der Waals surface area (Å²) in [6.07, 6.45) is 5.70. The molecule has 1 aromatic rings. The molecule has 0 heterocycles. The van der Waals surface area contributed by atoms with Crippen molar-refractivity contribution in [1.29, 1.82) is 0 Å². The Morgan fingerprint density at radius 1 is 1.10 bits per heavy atom. The maximum Gasteiger partial charge on any atom is 0.337 e. The average Bonchev–Trinajstić information content (AvgIpc) is 3.04. The molecule has 0 aliphatic heterocycles. The van der Waals surface area contributed by atoms with E-state index < -0.39 is 0 Å². The van der Waals surface area contributed by atoms with Gasteiger partial charge in [-0.25, -0.2) is 4.79 Å². The number of carbonyl (C=O) groups excluding carboxylic acids is 2. The predicted octanol–water partition coefficient (Wildman–Crippen LogP) is 3.31. The smallest absolute Gasteiger partial charge is 0.337 e. The van der Waals surface area contributed by atoms with Crippen molar-refractivity contribution in [3.05, 3.63) is 35.4 Å². The number of hydrogen-bond acceptors (Lipinski definition) is 4. The van der Waals surface area contributed by atoms with Gasteiger partial charge in [-0.05, 0) is 30.0 Å². The Morgan fingerprint density at radius 2 is 1.71 bits per heavy atom. The van der Waals surface area contributed by atoms with Crippen molar-refractivity contribution in [2.24, 2.45) is 5.92 Å². The lowest BCUT2D eigenvalue weighted by atomic mass is 9.87. The van der Waals surface area contributed by atoms with Crippen LogP contribution in [-0.4, -0.2) is 26.2 Å². The van der Waals surface area contributed by atoms with E-state index in [-0.39, 0.29) is 17.9 Å². The minimum atomic E-state index is -0.369. The predicted molar refractivity (Wildman–Crippen MR) is 79.1 cm³/mol. The molecule has 21 heavy (non-hydrogen) atoms. The summed E-state index contributed by atoms with van der Waals surface area (Å²) in [7, 11) is 2.78. The summed E-state index contributed by atoms with van der Waals surface area (Å²) in [4.78, 5) is 23.5. The molecule has 2 rings (SSSR count). The Bertz CT molecular complexity index is 486. The van der Waals surface area contributed by atoms with Gasteiger partial charge in [-0.15, -0.1) is 0 Å². The molecule has 1 saturated carbocycles. The van der Waals surface area contributed by atoms with Crippen LogP contribution in [0.5, 0.6) is 0 Å². The standard InChI is InChI=1S/C17H22O4/c1-20-16(18)14-9-7-13(8-10-14)15(17(19)21-2)11-12-5-3-4-6-12/h7-10,12,15H,3-6,11H2,1-2H3/t15-/m1/s1. The topological polar surface area (TPSA) is 52.6 Å². The zero-order valence-corrected chi connectivity index (χ0v) is 12.6. The molecule has 114 valence electrons. The van der Waals surface area contributed by atoms with Crippen LogP contribution in [0.15, 0.2) is 24.3 Å². The fraction of sp³-hybridized carbons (Fsp3) is 0.529. The molecule has 1 aliphatic rings. The SMILES string of the molecule is COC(=O)c1ccc([C@@H](CC2CCCC2)C(=O)OC)cc1. The summed E-state index contributed by atoms with van der Waals surface area (Å²) in [6, 6.07) is 7.04. The van der Waals surface area contributed by atoms with Gasteiger partial charge < -0.3 is 9.47 Å². The van der Waals surface area contributed by atoms with Gasteiger partial charge >= 0.3 is 11.9 Å². The van der Waals surface area contributed by atoms with Crippen LogP contribution in [0.3, 0.4) is 0 Å². The molecule has 1 aliphatic carbocycles. The van der Waals surface area contributed by atoms with Crippen molar-refractivity contribution in [1.82, 2.24) is 0 Å². The van der Waals surface area contributed by atoms with Gasteiger partial charge in [-0.2, -0.15) is 0 Å². The van der Waals surface area contributed by atoms with Crippen LogP contribution in [0.1, 0.15) is 53.9 Å². The summed E-state index contributed by atoms with van der Waals surface area (Å²) < 4.78 is 9.63. The van der Waals surface area contributed by atoms with Crippen LogP contribution in [-0.2, 0) is 14.3 Å². The molecule has 0 N–H and O–H groups in total. The number of benzene rings is 1. The van der Waals surface area contributed by atoms with E-state index in [0.29, 0.717) is 11.5 Å². The van der Waals surface area contributed by atoms with Crippen molar-refractivity contribution in [2.75, 3.05) is 14.2 Å². The van der Waals surface area contributed by atoms with E-state index >= 15 is 0 Å². The van der Waals surface area contributed by atoms with Crippen molar-refractivity contribution in [2.45, 2.75) is 38.0 Å². The molecule has 0 spiro atoms. The maximum atomic E-state index is 12.1. The molecule has 0 bridgehead atoms. The fourth-order valence-electron chi connectivity index (χ4n) is 3.06. The quantitative estimate of drug-likeness (QED) is 0.781. The minimum absolute atomic E-state index is 0.201. The number of methoxy groups -OCH3 is 2. The first kappa shape index (κ1) is 15.5. The minimum Gasteiger partial charge on any atom is -0.469 e. The van der Waals surface area contributed by atoms with Crippen LogP contribution in [0.4, 0.5) is 0 Å². The Hall–Kier alpha value is -1.84. The number of hydrogen-bond donors (Lipinski definition) is 0. The van der Waals surface area contributed by atoms with E-state index in [4.69, 9.17) is 4.74 Å². The first-order valence-corrected chi connectivity index (χ1v) is 7.41. The number of rotatable bonds is 5. The van der Waals surface area contributed by atoms with Gasteiger partial charge in [-0.3, -0.25) is 4.79 Å². The zero-order valence-electron chi connectivity index (χ0n) is 12.6. The molecular formula is C17H22O4. The van der Waals surface area contributed by atoms with E-state index in [1.807, 2.05) is 12.1 Å². The summed E-state index contributed by atoms with van der Waals surface area (Å²) in [6.45, 7) is 0. The molecule has 0 unspecified atom stereocenters. The van der Waals surface area contributed by atoms with Crippen LogP contribution >= 0.6 is 0 Å². The zero-order chi connectivity index (χ0) is 15.2. The summed E-state index contributed by atoms with van der Waals surface area (Å²) in [5.74, 6) is -0.223. The second-order valence-electron chi connectivity index (χ2n) is 5.58. The average molecular weight is 290 g/mol. The third-order valence-corrected chi connectivity index (χ3v) is 4.26. The molecule has 0 radical (unpaired) electrons. The van der Waals surface area contributed by atoms with E-state index in [2.05, 4.69) is 4.74 Å². The first-order valence-electron chi connectivity index (χ1n) is 7.41. The molecule has 4 heteroatoms. The van der Waals surface area contributed by atoms with Gasteiger partial charge in [0.2, 0.25) is 0 Å². The third-order valence-electron chi connectivity index (χ3n) is 4.26. The Kier molecular flexibility index (Phi) is 5.37. The largest absolute Gasteiger partial charge is 0.469 e. The van der Waals surface area contributed by atoms with E-state index in [0.717, 1.165) is 12.0 Å². The number of ether oxygens (including phenoxy) is 2. The van der Waals surface area contributed by atoms with Crippen molar-refractivity contribution in [3.8, 4) is 0 Å². The highest BCUT2D eigenvalue weighted by atomic mass is 16.5. The van der Waals surface area contributed by atoms with Gasteiger partial charge in [0.15, 0.2) is 0 Å². The number of esters is 2. The molecule has 1 aromatic carbocycles. The Balaban J connectivity index is 2.15. The fourth-order valence-corrected chi connectivity index (χ4v) is 3.06. The first-order chi connectivity index (χ1) is 10.2. The van der Waals surface area contributed by atoms with E-state index in [1.165, 1.54) is 39.9 Å². The molecule has 0 amide bonds. The van der Waals surface area contributed by atoms with Crippen LogP contribution in [0.2, 0.25) is 0 Å². The highest BCUT2D eigenvalue weighted by Crippen LogP contribution is 2.34. The lowest BCUT2D eigenvalue weighted by Crippen LogP contribution is -2.17. The Morgan fingerprint density at radius 3 is 2.24 bits per heavy atom. The second-order valence-corrected chi connectivity index (χ2v) is 5.58. The van der Waals surface area contributed by atoms with Crippen molar-refractivity contribution >= 4 is 11.9 Å². The van der Waals surface area contributed by atoms with Gasteiger partial charge in [0.25, 0.3) is 0 Å². The second kappa shape index (κ2) is 7.25. The van der Waals surface area contributed by atoms with Crippen LogP contribution < -0.4 is 0 Å². The molecule has 1 atom stereocenters. The van der Waals surface area contributed by atoms with Crippen LogP contribution in [0, 0.1) is 5.92 Å². The van der Waals surface area contributed by atoms with Gasteiger partial charge in [0, 0.05) is 0 Å². The van der Waals surface area contributed by atoms with E-state index in [1.54, 1.807) is 12.1 Å². The lowest BCUT2D eigenvalue weighted by molar-refractivity contribution is -0.142.